The van der Waals surface area contributed by atoms with Gasteiger partial charge in [-0.05, 0) is 33.6 Å². The Labute approximate surface area is 141 Å². The summed E-state index contributed by atoms with van der Waals surface area (Å²) in [5.41, 5.74) is -0.555. The number of amides is 2. The maximum absolute atomic E-state index is 12.4. The lowest BCUT2D eigenvalue weighted by Gasteiger charge is -2.27. The zero-order valence-electron chi connectivity index (χ0n) is 14.8. The maximum Gasteiger partial charge on any atom is 0.410 e. The molecule has 0 spiro atoms. The van der Waals surface area contributed by atoms with Gasteiger partial charge >= 0.3 is 6.09 Å². The quantitative estimate of drug-likeness (QED) is 0.892. The zero-order chi connectivity index (χ0) is 17.9. The van der Waals surface area contributed by atoms with E-state index in [9.17, 15) is 9.59 Å². The minimum atomic E-state index is -0.555. The molecular weight excluding hydrogens is 314 g/mol. The first kappa shape index (κ1) is 18.2. The molecule has 134 valence electrons. The number of likely N-dealkylation sites (tertiary alicyclic amines) is 1. The van der Waals surface area contributed by atoms with Gasteiger partial charge in [0.25, 0.3) is 5.91 Å². The van der Waals surface area contributed by atoms with E-state index in [-0.39, 0.29) is 24.6 Å². The summed E-state index contributed by atoms with van der Waals surface area (Å²) in [4.78, 5) is 30.0. The summed E-state index contributed by atoms with van der Waals surface area (Å²) in [6, 6.07) is -0.251. The molecule has 0 saturated carbocycles. The van der Waals surface area contributed by atoms with E-state index in [4.69, 9.17) is 9.47 Å². The summed E-state index contributed by atoms with van der Waals surface area (Å²) in [5, 5.41) is 6.96. The maximum atomic E-state index is 12.4. The number of aromatic nitrogens is 3. The number of hydrogen-bond donors (Lipinski definition) is 1. The van der Waals surface area contributed by atoms with Crippen molar-refractivity contribution in [2.45, 2.75) is 45.3 Å². The summed E-state index contributed by atoms with van der Waals surface area (Å²) in [6.45, 7) is 6.04. The van der Waals surface area contributed by atoms with Gasteiger partial charge < -0.3 is 9.47 Å². The first-order valence-corrected chi connectivity index (χ1v) is 7.90. The van der Waals surface area contributed by atoms with E-state index >= 15 is 0 Å². The van der Waals surface area contributed by atoms with Gasteiger partial charge in [-0.15, -0.1) is 0 Å². The summed E-state index contributed by atoms with van der Waals surface area (Å²) in [5.74, 6) is 0.506. The Balaban J connectivity index is 2.12. The summed E-state index contributed by atoms with van der Waals surface area (Å²) < 4.78 is 11.7. The number of anilines is 1. The van der Waals surface area contributed by atoms with Gasteiger partial charge in [-0.25, -0.2) is 9.48 Å². The molecule has 9 nitrogen and oxygen atoms in total. The number of hydrogen-bond acceptors (Lipinski definition) is 6. The number of nitrogens with zero attached hydrogens (tertiary/aromatic N) is 4. The van der Waals surface area contributed by atoms with E-state index in [1.807, 2.05) is 20.8 Å². The van der Waals surface area contributed by atoms with Crippen molar-refractivity contribution in [3.05, 3.63) is 5.82 Å². The largest absolute Gasteiger partial charge is 0.444 e. The van der Waals surface area contributed by atoms with Gasteiger partial charge in [-0.3, -0.25) is 15.0 Å². The minimum Gasteiger partial charge on any atom is -0.444 e. The van der Waals surface area contributed by atoms with Crippen molar-refractivity contribution in [3.63, 3.8) is 0 Å². The van der Waals surface area contributed by atoms with Gasteiger partial charge in [-0.2, -0.15) is 10.1 Å². The molecule has 1 atom stereocenters. The Kier molecular flexibility index (Phi) is 5.43. The summed E-state index contributed by atoms with van der Waals surface area (Å²) >= 11 is 0. The number of carbonyl (C=O) groups is 2. The number of carbonyl (C=O) groups excluding carboxylic acids is 2. The van der Waals surface area contributed by atoms with Crippen LogP contribution in [-0.4, -0.2) is 57.5 Å². The molecule has 2 amide bonds. The molecule has 9 heteroatoms. The Morgan fingerprint density at radius 2 is 2.08 bits per heavy atom. The molecule has 0 bridgehead atoms. The molecule has 1 aromatic heterocycles. The van der Waals surface area contributed by atoms with Crippen molar-refractivity contribution in [1.82, 2.24) is 19.7 Å². The third kappa shape index (κ3) is 4.44. The predicted molar refractivity (Wildman–Crippen MR) is 86.4 cm³/mol. The van der Waals surface area contributed by atoms with Crippen LogP contribution >= 0.6 is 0 Å². The zero-order valence-corrected chi connectivity index (χ0v) is 14.8. The highest BCUT2D eigenvalue weighted by Gasteiger charge is 2.35. The van der Waals surface area contributed by atoms with E-state index in [0.717, 1.165) is 12.8 Å². The number of nitrogens with one attached hydrogen (secondary N) is 1. The van der Waals surface area contributed by atoms with E-state index < -0.39 is 5.60 Å². The van der Waals surface area contributed by atoms with Crippen molar-refractivity contribution in [2.75, 3.05) is 25.6 Å². The normalized spacial score (nSPS) is 17.9. The molecule has 1 aliphatic rings. The number of methoxy groups -OCH3 is 1. The first-order valence-electron chi connectivity index (χ1n) is 7.90. The SMILES string of the molecule is COCC(=O)Nc1nc([C@H]2CCCN2C(=O)OC(C)(C)C)nn1C. The Hall–Kier alpha value is -2.16. The minimum absolute atomic E-state index is 0.0599. The topological polar surface area (TPSA) is 98.6 Å². The Bertz CT molecular complexity index is 607. The van der Waals surface area contributed by atoms with E-state index in [1.165, 1.54) is 11.8 Å². The predicted octanol–water partition coefficient (Wildman–Crippen LogP) is 1.47. The van der Waals surface area contributed by atoms with E-state index in [2.05, 4.69) is 15.4 Å². The van der Waals surface area contributed by atoms with Crippen LogP contribution in [0.25, 0.3) is 0 Å². The van der Waals surface area contributed by atoms with Crippen molar-refractivity contribution >= 4 is 17.9 Å². The van der Waals surface area contributed by atoms with Gasteiger partial charge in [0.15, 0.2) is 5.82 Å². The van der Waals surface area contributed by atoms with Crippen LogP contribution in [0.15, 0.2) is 0 Å². The van der Waals surface area contributed by atoms with Crippen LogP contribution in [0.5, 0.6) is 0 Å². The molecule has 1 aliphatic heterocycles. The second-order valence-electron chi connectivity index (χ2n) is 6.73. The van der Waals surface area contributed by atoms with Crippen LogP contribution in [-0.2, 0) is 21.3 Å². The lowest BCUT2D eigenvalue weighted by atomic mass is 10.2. The number of aryl methyl sites for hydroxylation is 1. The lowest BCUT2D eigenvalue weighted by Crippen LogP contribution is -2.36. The second kappa shape index (κ2) is 7.16. The van der Waals surface area contributed by atoms with Crippen molar-refractivity contribution in [1.29, 1.82) is 0 Å². The van der Waals surface area contributed by atoms with Crippen LogP contribution in [0.4, 0.5) is 10.7 Å². The molecule has 0 unspecified atom stereocenters. The fourth-order valence-electron chi connectivity index (χ4n) is 2.52. The first-order chi connectivity index (χ1) is 11.2. The van der Waals surface area contributed by atoms with Gasteiger partial charge in [0, 0.05) is 20.7 Å². The lowest BCUT2D eigenvalue weighted by molar-refractivity contribution is -0.119. The monoisotopic (exact) mass is 339 g/mol. The molecule has 24 heavy (non-hydrogen) atoms. The molecule has 2 heterocycles. The Morgan fingerprint density at radius 3 is 2.71 bits per heavy atom. The molecule has 0 aromatic carbocycles. The molecular formula is C15H25N5O4. The van der Waals surface area contributed by atoms with Crippen LogP contribution < -0.4 is 5.32 Å². The Morgan fingerprint density at radius 1 is 1.38 bits per heavy atom. The molecule has 1 N–H and O–H groups in total. The second-order valence-corrected chi connectivity index (χ2v) is 6.73. The van der Waals surface area contributed by atoms with Gasteiger partial charge in [0.05, 0.1) is 6.04 Å². The van der Waals surface area contributed by atoms with Gasteiger partial charge in [0.2, 0.25) is 5.95 Å². The third-order valence-electron chi connectivity index (χ3n) is 3.48. The number of ether oxygens (including phenoxy) is 2. The third-order valence-corrected chi connectivity index (χ3v) is 3.48. The molecule has 1 aromatic rings. The summed E-state index contributed by atoms with van der Waals surface area (Å²) in [7, 11) is 3.13. The fourth-order valence-corrected chi connectivity index (χ4v) is 2.52. The highest BCUT2D eigenvalue weighted by atomic mass is 16.6. The molecule has 1 fully saturated rings. The smallest absolute Gasteiger partial charge is 0.410 e. The van der Waals surface area contributed by atoms with Crippen molar-refractivity contribution in [3.8, 4) is 0 Å². The van der Waals surface area contributed by atoms with Crippen LogP contribution in [0.3, 0.4) is 0 Å². The highest BCUT2D eigenvalue weighted by molar-refractivity contribution is 5.90. The van der Waals surface area contributed by atoms with Gasteiger partial charge in [-0.1, -0.05) is 0 Å². The van der Waals surface area contributed by atoms with E-state index in [0.29, 0.717) is 18.3 Å². The van der Waals surface area contributed by atoms with Gasteiger partial charge in [0.1, 0.15) is 12.2 Å². The van der Waals surface area contributed by atoms with Crippen LogP contribution in [0.1, 0.15) is 45.5 Å². The average Bonchev–Trinajstić information content (AvgIpc) is 3.04. The highest BCUT2D eigenvalue weighted by Crippen LogP contribution is 2.31. The standard InChI is InChI=1S/C15H25N5O4/c1-15(2,3)24-14(22)20-8-6-7-10(20)12-17-13(19(4)18-12)16-11(21)9-23-5/h10H,6-9H2,1-5H3,(H,16,17,18,21)/t10-/m1/s1. The molecule has 2 rings (SSSR count). The van der Waals surface area contributed by atoms with Crippen LogP contribution in [0, 0.1) is 0 Å². The molecule has 0 aliphatic carbocycles. The van der Waals surface area contributed by atoms with Crippen molar-refractivity contribution < 1.29 is 19.1 Å². The average molecular weight is 339 g/mol. The molecule has 1 saturated heterocycles. The van der Waals surface area contributed by atoms with Crippen molar-refractivity contribution in [2.24, 2.45) is 7.05 Å². The fraction of sp³-hybridized carbons (Fsp3) is 0.733. The van der Waals surface area contributed by atoms with Crippen LogP contribution in [0.2, 0.25) is 0 Å². The summed E-state index contributed by atoms with van der Waals surface area (Å²) in [6.07, 6.45) is 1.24. The number of rotatable bonds is 4. The molecule has 0 radical (unpaired) electrons. The van der Waals surface area contributed by atoms with E-state index in [1.54, 1.807) is 11.9 Å².